The summed E-state index contributed by atoms with van der Waals surface area (Å²) < 4.78 is 5.68. The zero-order chi connectivity index (χ0) is 11.4. The Bertz CT molecular complexity index is 405. The molecular weight excluding hydrogens is 242 g/mol. The number of benzene rings is 1. The topological polar surface area (TPSA) is 46.0 Å². The summed E-state index contributed by atoms with van der Waals surface area (Å²) in [6.07, 6.45) is 0. The van der Waals surface area contributed by atoms with E-state index in [2.05, 4.69) is 15.5 Å². The summed E-state index contributed by atoms with van der Waals surface area (Å²) in [5.74, 6) is 0.861. The van der Waals surface area contributed by atoms with Crippen molar-refractivity contribution >= 4 is 28.3 Å². The number of nitrogens with zero attached hydrogens (tertiary/aromatic N) is 2. The first-order chi connectivity index (χ1) is 7.78. The lowest BCUT2D eigenvalue weighted by molar-refractivity contribution is 0.414. The van der Waals surface area contributed by atoms with E-state index in [1.54, 1.807) is 7.11 Å². The quantitative estimate of drug-likeness (QED) is 0.838. The van der Waals surface area contributed by atoms with E-state index in [0.717, 1.165) is 12.3 Å². The van der Waals surface area contributed by atoms with Crippen LogP contribution >= 0.6 is 24.0 Å². The van der Waals surface area contributed by atoms with Crippen LogP contribution in [0.5, 0.6) is 5.75 Å². The molecule has 0 amide bonds. The summed E-state index contributed by atoms with van der Waals surface area (Å²) in [7, 11) is 1.66. The van der Waals surface area contributed by atoms with Gasteiger partial charge in [-0.05, 0) is 41.7 Å². The second-order valence-electron chi connectivity index (χ2n) is 3.18. The van der Waals surface area contributed by atoms with Crippen molar-refractivity contribution in [2.45, 2.75) is 12.0 Å². The lowest BCUT2D eigenvalue weighted by Gasteiger charge is -2.07. The summed E-state index contributed by atoms with van der Waals surface area (Å²) in [5.41, 5.74) is 1.13. The van der Waals surface area contributed by atoms with Crippen molar-refractivity contribution in [1.82, 2.24) is 5.32 Å². The molecule has 16 heavy (non-hydrogen) atoms. The number of azo groups is 1. The first kappa shape index (κ1) is 11.5. The molecule has 6 heteroatoms. The summed E-state index contributed by atoms with van der Waals surface area (Å²) in [6, 6.07) is 7.90. The normalized spacial score (nSPS) is 19.1. The molecule has 1 atom stereocenters. The van der Waals surface area contributed by atoms with E-state index in [1.165, 1.54) is 17.3 Å². The molecule has 0 bridgehead atoms. The maximum absolute atomic E-state index is 5.09. The molecule has 0 aromatic heterocycles. The van der Waals surface area contributed by atoms with Crippen molar-refractivity contribution in [3.05, 3.63) is 29.8 Å². The standard InChI is InChI=1S/C10H11N3OS2/c1-14-8-4-2-7(3-5-8)6-11-9-12-13-10(15)16-9/h2-5,9,11H,6H2,1H3. The lowest BCUT2D eigenvalue weighted by Crippen LogP contribution is -2.21. The third-order valence-electron chi connectivity index (χ3n) is 2.10. The van der Waals surface area contributed by atoms with E-state index in [9.17, 15) is 0 Å². The number of ether oxygens (including phenoxy) is 1. The van der Waals surface area contributed by atoms with Crippen LogP contribution in [0.15, 0.2) is 34.5 Å². The molecule has 1 heterocycles. The Labute approximate surface area is 103 Å². The molecule has 0 saturated carbocycles. The molecule has 1 aromatic carbocycles. The van der Waals surface area contributed by atoms with Crippen LogP contribution < -0.4 is 10.1 Å². The largest absolute Gasteiger partial charge is 0.497 e. The molecule has 0 aliphatic carbocycles. The van der Waals surface area contributed by atoms with Gasteiger partial charge in [0.1, 0.15) is 5.75 Å². The molecule has 0 fully saturated rings. The Kier molecular flexibility index (Phi) is 3.87. The molecule has 2 rings (SSSR count). The average molecular weight is 253 g/mol. The Morgan fingerprint density at radius 3 is 2.75 bits per heavy atom. The SMILES string of the molecule is COc1ccc(CNC2N=NC(=S)S2)cc1. The number of rotatable bonds is 4. The van der Waals surface area contributed by atoms with Gasteiger partial charge >= 0.3 is 0 Å². The number of thiocarbonyl (C=S) groups is 1. The highest BCUT2D eigenvalue weighted by atomic mass is 32.2. The fourth-order valence-corrected chi connectivity index (χ4v) is 2.14. The van der Waals surface area contributed by atoms with Crippen LogP contribution in [0.4, 0.5) is 0 Å². The summed E-state index contributed by atoms with van der Waals surface area (Å²) >= 11 is 6.36. The van der Waals surface area contributed by atoms with Crippen molar-refractivity contribution in [3.8, 4) is 5.75 Å². The summed E-state index contributed by atoms with van der Waals surface area (Å²) in [5, 5.41) is 11.0. The van der Waals surface area contributed by atoms with E-state index in [4.69, 9.17) is 17.0 Å². The van der Waals surface area contributed by atoms with Crippen LogP contribution in [0.3, 0.4) is 0 Å². The van der Waals surface area contributed by atoms with Gasteiger partial charge in [0.05, 0.1) is 7.11 Å². The Morgan fingerprint density at radius 1 is 1.44 bits per heavy atom. The molecule has 1 aliphatic rings. The molecule has 84 valence electrons. The Balaban J connectivity index is 1.85. The van der Waals surface area contributed by atoms with Gasteiger partial charge in [0.15, 0.2) is 9.82 Å². The molecule has 4 nitrogen and oxygen atoms in total. The summed E-state index contributed by atoms with van der Waals surface area (Å²) in [4.78, 5) is 0. The fourth-order valence-electron chi connectivity index (χ4n) is 1.27. The van der Waals surface area contributed by atoms with E-state index >= 15 is 0 Å². The van der Waals surface area contributed by atoms with Gasteiger partial charge in [-0.1, -0.05) is 12.1 Å². The van der Waals surface area contributed by atoms with Gasteiger partial charge in [-0.25, -0.2) is 0 Å². The van der Waals surface area contributed by atoms with Gasteiger partial charge in [0.2, 0.25) is 0 Å². The molecule has 0 saturated heterocycles. The van der Waals surface area contributed by atoms with Crippen molar-refractivity contribution in [1.29, 1.82) is 0 Å². The maximum Gasteiger partial charge on any atom is 0.185 e. The predicted octanol–water partition coefficient (Wildman–Crippen LogP) is 2.55. The average Bonchev–Trinajstić information content (AvgIpc) is 2.73. The van der Waals surface area contributed by atoms with Gasteiger partial charge in [-0.15, -0.1) is 5.11 Å². The Hall–Kier alpha value is -0.980. The third-order valence-corrected chi connectivity index (χ3v) is 3.23. The molecule has 1 unspecified atom stereocenters. The van der Waals surface area contributed by atoms with Crippen molar-refractivity contribution in [2.75, 3.05) is 7.11 Å². The zero-order valence-corrected chi connectivity index (χ0v) is 10.3. The number of hydrogen-bond donors (Lipinski definition) is 1. The van der Waals surface area contributed by atoms with Gasteiger partial charge in [0.25, 0.3) is 0 Å². The van der Waals surface area contributed by atoms with E-state index in [-0.39, 0.29) is 5.50 Å². The predicted molar refractivity (Wildman–Crippen MR) is 68.7 cm³/mol. The van der Waals surface area contributed by atoms with Crippen LogP contribution in [-0.4, -0.2) is 16.9 Å². The highest BCUT2D eigenvalue weighted by Gasteiger charge is 2.15. The van der Waals surface area contributed by atoms with Gasteiger partial charge in [-0.2, -0.15) is 5.11 Å². The van der Waals surface area contributed by atoms with Crippen LogP contribution in [0.1, 0.15) is 5.56 Å². The monoisotopic (exact) mass is 253 g/mol. The summed E-state index contributed by atoms with van der Waals surface area (Å²) in [6.45, 7) is 0.739. The second-order valence-corrected chi connectivity index (χ2v) is 4.89. The van der Waals surface area contributed by atoms with Gasteiger partial charge in [0, 0.05) is 6.54 Å². The van der Waals surface area contributed by atoms with Crippen molar-refractivity contribution < 1.29 is 4.74 Å². The first-order valence-corrected chi connectivity index (χ1v) is 6.04. The van der Waals surface area contributed by atoms with Crippen LogP contribution in [0, 0.1) is 0 Å². The molecular formula is C10H11N3OS2. The minimum atomic E-state index is -0.0467. The lowest BCUT2D eigenvalue weighted by atomic mass is 10.2. The van der Waals surface area contributed by atoms with E-state index in [1.807, 2.05) is 24.3 Å². The molecule has 1 aliphatic heterocycles. The van der Waals surface area contributed by atoms with Gasteiger partial charge in [-0.3, -0.25) is 5.32 Å². The highest BCUT2D eigenvalue weighted by molar-refractivity contribution is 8.23. The number of thioether (sulfide) groups is 1. The zero-order valence-electron chi connectivity index (χ0n) is 8.71. The van der Waals surface area contributed by atoms with Crippen LogP contribution in [-0.2, 0) is 6.54 Å². The molecule has 0 radical (unpaired) electrons. The minimum absolute atomic E-state index is 0.0467. The van der Waals surface area contributed by atoms with Crippen molar-refractivity contribution in [3.63, 3.8) is 0 Å². The number of methoxy groups -OCH3 is 1. The third kappa shape index (κ3) is 3.01. The second kappa shape index (κ2) is 5.38. The van der Waals surface area contributed by atoms with Crippen LogP contribution in [0.2, 0.25) is 0 Å². The molecule has 1 aromatic rings. The van der Waals surface area contributed by atoms with E-state index in [0.29, 0.717) is 4.32 Å². The van der Waals surface area contributed by atoms with Gasteiger partial charge < -0.3 is 4.74 Å². The minimum Gasteiger partial charge on any atom is -0.497 e. The first-order valence-electron chi connectivity index (χ1n) is 4.76. The van der Waals surface area contributed by atoms with Crippen LogP contribution in [0.25, 0.3) is 0 Å². The van der Waals surface area contributed by atoms with E-state index < -0.39 is 0 Å². The smallest absolute Gasteiger partial charge is 0.185 e. The van der Waals surface area contributed by atoms with Crippen molar-refractivity contribution in [2.24, 2.45) is 10.2 Å². The fraction of sp³-hybridized carbons (Fsp3) is 0.300. The number of hydrogen-bond acceptors (Lipinski definition) is 5. The molecule has 0 spiro atoms. The number of nitrogens with one attached hydrogen (secondary N) is 1. The maximum atomic E-state index is 5.09. The Morgan fingerprint density at radius 2 is 2.19 bits per heavy atom. The highest BCUT2D eigenvalue weighted by Crippen LogP contribution is 2.21. The molecule has 1 N–H and O–H groups in total.